The second-order valence-corrected chi connectivity index (χ2v) is 4.39. The quantitative estimate of drug-likeness (QED) is 0.887. The smallest absolute Gasteiger partial charge is 0.311 e. The van der Waals surface area contributed by atoms with Crippen LogP contribution in [0.3, 0.4) is 0 Å². The molecule has 1 atom stereocenters. The van der Waals surface area contributed by atoms with Crippen molar-refractivity contribution in [1.29, 1.82) is 0 Å². The van der Waals surface area contributed by atoms with Crippen LogP contribution >= 0.6 is 0 Å². The average molecular weight is 245 g/mol. The highest BCUT2D eigenvalue weighted by atomic mass is 16.4. The first-order valence-electron chi connectivity index (χ1n) is 5.71. The van der Waals surface area contributed by atoms with Gasteiger partial charge in [0.1, 0.15) is 0 Å². The molecule has 0 aliphatic rings. The average Bonchev–Trinajstić information content (AvgIpc) is 2.71. The van der Waals surface area contributed by atoms with E-state index in [2.05, 4.69) is 10.3 Å². The van der Waals surface area contributed by atoms with E-state index in [0.29, 0.717) is 12.1 Å². The van der Waals surface area contributed by atoms with Crippen LogP contribution in [0, 0.1) is 6.92 Å². The van der Waals surface area contributed by atoms with Crippen molar-refractivity contribution in [3.8, 4) is 0 Å². The molecule has 0 amide bonds. The lowest BCUT2D eigenvalue weighted by Crippen LogP contribution is -2.14. The Labute approximate surface area is 105 Å². The van der Waals surface area contributed by atoms with Gasteiger partial charge in [-0.2, -0.15) is 0 Å². The van der Waals surface area contributed by atoms with E-state index in [-0.39, 0.29) is 0 Å². The molecule has 5 heteroatoms. The lowest BCUT2D eigenvalue weighted by atomic mass is 9.93. The highest BCUT2D eigenvalue weighted by Crippen LogP contribution is 2.21. The van der Waals surface area contributed by atoms with Gasteiger partial charge in [-0.15, -0.1) is 5.10 Å². The maximum atomic E-state index is 11.4. The Bertz CT molecular complexity index is 563. The number of aliphatic carboxylic acids is 1. The van der Waals surface area contributed by atoms with Gasteiger partial charge >= 0.3 is 5.97 Å². The number of aryl methyl sites for hydroxylation is 2. The fourth-order valence-electron chi connectivity index (χ4n) is 1.93. The lowest BCUT2D eigenvalue weighted by Gasteiger charge is -2.11. The second kappa shape index (κ2) is 5.00. The van der Waals surface area contributed by atoms with Crippen molar-refractivity contribution in [2.75, 3.05) is 0 Å². The maximum Gasteiger partial charge on any atom is 0.311 e. The summed E-state index contributed by atoms with van der Waals surface area (Å²) in [4.78, 5) is 11.4. The Morgan fingerprint density at radius 2 is 2.28 bits per heavy atom. The highest BCUT2D eigenvalue weighted by molar-refractivity contribution is 5.76. The van der Waals surface area contributed by atoms with Gasteiger partial charge in [0.05, 0.1) is 11.6 Å². The van der Waals surface area contributed by atoms with Gasteiger partial charge in [0.25, 0.3) is 0 Å². The maximum absolute atomic E-state index is 11.4. The van der Waals surface area contributed by atoms with Crippen LogP contribution in [0.15, 0.2) is 30.5 Å². The normalized spacial score (nSPS) is 12.3. The largest absolute Gasteiger partial charge is 0.481 e. The number of carboxylic acids is 1. The van der Waals surface area contributed by atoms with E-state index in [0.717, 1.165) is 11.1 Å². The molecule has 0 saturated heterocycles. The molecule has 2 rings (SSSR count). The molecule has 0 bridgehead atoms. The molecule has 2 aromatic rings. The van der Waals surface area contributed by atoms with Crippen LogP contribution in [-0.4, -0.2) is 26.1 Å². The first kappa shape index (κ1) is 12.3. The van der Waals surface area contributed by atoms with Crippen LogP contribution in [-0.2, 0) is 18.3 Å². The molecule has 0 fully saturated rings. The van der Waals surface area contributed by atoms with Crippen LogP contribution < -0.4 is 0 Å². The monoisotopic (exact) mass is 245 g/mol. The fraction of sp³-hybridized carbons (Fsp3) is 0.308. The van der Waals surface area contributed by atoms with Crippen LogP contribution in [0.1, 0.15) is 22.7 Å². The van der Waals surface area contributed by atoms with E-state index in [1.54, 1.807) is 17.9 Å². The highest BCUT2D eigenvalue weighted by Gasteiger charge is 2.21. The molecule has 0 spiro atoms. The van der Waals surface area contributed by atoms with Crippen molar-refractivity contribution >= 4 is 5.97 Å². The minimum Gasteiger partial charge on any atom is -0.481 e. The molecule has 0 aliphatic heterocycles. The third-order valence-corrected chi connectivity index (χ3v) is 2.81. The van der Waals surface area contributed by atoms with Crippen LogP contribution in [0.25, 0.3) is 0 Å². The molecule has 94 valence electrons. The number of carbonyl (C=O) groups is 1. The number of hydrogen-bond acceptors (Lipinski definition) is 3. The summed E-state index contributed by atoms with van der Waals surface area (Å²) in [5.41, 5.74) is 2.54. The van der Waals surface area contributed by atoms with Gasteiger partial charge in [-0.3, -0.25) is 9.48 Å². The summed E-state index contributed by atoms with van der Waals surface area (Å²) in [6, 6.07) is 7.55. The van der Waals surface area contributed by atoms with Gasteiger partial charge in [-0.25, -0.2) is 0 Å². The minimum atomic E-state index is -0.841. The first-order valence-corrected chi connectivity index (χ1v) is 5.71. The molecular weight excluding hydrogens is 230 g/mol. The van der Waals surface area contributed by atoms with Crippen molar-refractivity contribution in [2.45, 2.75) is 19.3 Å². The van der Waals surface area contributed by atoms with Crippen molar-refractivity contribution in [1.82, 2.24) is 15.0 Å². The topological polar surface area (TPSA) is 68.0 Å². The lowest BCUT2D eigenvalue weighted by molar-refractivity contribution is -0.138. The van der Waals surface area contributed by atoms with E-state index in [1.807, 2.05) is 31.2 Å². The molecule has 1 heterocycles. The molecule has 1 aromatic carbocycles. The zero-order valence-corrected chi connectivity index (χ0v) is 10.4. The number of hydrogen-bond donors (Lipinski definition) is 1. The Balaban J connectivity index is 2.26. The van der Waals surface area contributed by atoms with Crippen molar-refractivity contribution < 1.29 is 9.90 Å². The molecule has 0 aliphatic carbocycles. The predicted molar refractivity (Wildman–Crippen MR) is 66.3 cm³/mol. The van der Waals surface area contributed by atoms with Gasteiger partial charge < -0.3 is 5.11 Å². The molecule has 1 N–H and O–H groups in total. The summed E-state index contributed by atoms with van der Waals surface area (Å²) in [7, 11) is 1.76. The molecule has 1 unspecified atom stereocenters. The van der Waals surface area contributed by atoms with Crippen molar-refractivity contribution in [3.05, 3.63) is 47.3 Å². The van der Waals surface area contributed by atoms with E-state index in [9.17, 15) is 9.90 Å². The number of nitrogens with zero attached hydrogens (tertiary/aromatic N) is 3. The van der Waals surface area contributed by atoms with Crippen LogP contribution in [0.5, 0.6) is 0 Å². The molecule has 0 saturated carbocycles. The van der Waals surface area contributed by atoms with Crippen LogP contribution in [0.4, 0.5) is 0 Å². The van der Waals surface area contributed by atoms with E-state index in [1.165, 1.54) is 0 Å². The van der Waals surface area contributed by atoms with Gasteiger partial charge in [0.15, 0.2) is 0 Å². The summed E-state index contributed by atoms with van der Waals surface area (Å²) in [6.07, 6.45) is 2.10. The number of aromatic nitrogens is 3. The minimum absolute atomic E-state index is 0.354. The Kier molecular flexibility index (Phi) is 3.41. The molecular formula is C13H15N3O2. The Hall–Kier alpha value is -2.17. The van der Waals surface area contributed by atoms with Crippen molar-refractivity contribution in [3.63, 3.8) is 0 Å². The second-order valence-electron chi connectivity index (χ2n) is 4.39. The fourth-order valence-corrected chi connectivity index (χ4v) is 1.93. The first-order chi connectivity index (χ1) is 8.56. The molecule has 5 nitrogen and oxygen atoms in total. The number of rotatable bonds is 4. The Morgan fingerprint density at radius 3 is 2.83 bits per heavy atom. The van der Waals surface area contributed by atoms with Gasteiger partial charge in [0.2, 0.25) is 0 Å². The van der Waals surface area contributed by atoms with E-state index < -0.39 is 11.9 Å². The van der Waals surface area contributed by atoms with Gasteiger partial charge in [0, 0.05) is 19.7 Å². The summed E-state index contributed by atoms with van der Waals surface area (Å²) in [6.45, 7) is 1.95. The Morgan fingerprint density at radius 1 is 1.50 bits per heavy atom. The zero-order chi connectivity index (χ0) is 13.1. The predicted octanol–water partition coefficient (Wildman–Crippen LogP) is 1.53. The van der Waals surface area contributed by atoms with Crippen LogP contribution in [0.2, 0.25) is 0 Å². The zero-order valence-electron chi connectivity index (χ0n) is 10.4. The molecule has 1 aromatic heterocycles. The molecule has 0 radical (unpaired) electrons. The SMILES string of the molecule is Cc1cccc(C(Cc2cn(C)nn2)C(=O)O)c1. The van der Waals surface area contributed by atoms with E-state index >= 15 is 0 Å². The summed E-state index contributed by atoms with van der Waals surface area (Å²) in [5, 5.41) is 17.1. The summed E-state index contributed by atoms with van der Waals surface area (Å²) < 4.78 is 1.57. The number of benzene rings is 1. The van der Waals surface area contributed by atoms with Crippen molar-refractivity contribution in [2.24, 2.45) is 7.05 Å². The summed E-state index contributed by atoms with van der Waals surface area (Å²) >= 11 is 0. The van der Waals surface area contributed by atoms with Gasteiger partial charge in [-0.1, -0.05) is 35.0 Å². The van der Waals surface area contributed by atoms with Gasteiger partial charge in [-0.05, 0) is 12.5 Å². The third-order valence-electron chi connectivity index (χ3n) is 2.81. The third kappa shape index (κ3) is 2.74. The van der Waals surface area contributed by atoms with E-state index in [4.69, 9.17) is 0 Å². The standard InChI is InChI=1S/C13H15N3O2/c1-9-4-3-5-10(6-9)12(13(17)18)7-11-8-16(2)15-14-11/h3-6,8,12H,7H2,1-2H3,(H,17,18). The number of carboxylic acid groups (broad SMARTS) is 1. The summed E-state index contributed by atoms with van der Waals surface area (Å²) in [5.74, 6) is -1.42. The molecule has 18 heavy (non-hydrogen) atoms.